The van der Waals surface area contributed by atoms with Crippen molar-refractivity contribution in [2.75, 3.05) is 0 Å². The lowest BCUT2D eigenvalue weighted by Crippen LogP contribution is -2.29. The molecule has 9 nitrogen and oxygen atoms in total. The van der Waals surface area contributed by atoms with Gasteiger partial charge in [0.15, 0.2) is 0 Å². The number of benzene rings is 1. The van der Waals surface area contributed by atoms with Crippen molar-refractivity contribution in [3.05, 3.63) is 99.3 Å². The highest BCUT2D eigenvalue weighted by atomic mass is 16.6. The van der Waals surface area contributed by atoms with Gasteiger partial charge in [-0.25, -0.2) is 0 Å². The van der Waals surface area contributed by atoms with Crippen LogP contribution in [0.1, 0.15) is 28.8 Å². The van der Waals surface area contributed by atoms with Gasteiger partial charge in [-0.2, -0.15) is 0 Å². The van der Waals surface area contributed by atoms with Crippen LogP contribution in [0.4, 0.5) is 5.69 Å². The summed E-state index contributed by atoms with van der Waals surface area (Å²) in [5.74, 6) is -1.38. The number of nitro benzene ring substituents is 1. The van der Waals surface area contributed by atoms with Crippen molar-refractivity contribution < 1.29 is 24.0 Å². The number of pyridine rings is 1. The van der Waals surface area contributed by atoms with Crippen LogP contribution in [0.15, 0.2) is 70.8 Å². The zero-order valence-corrected chi connectivity index (χ0v) is 16.4. The van der Waals surface area contributed by atoms with Gasteiger partial charge in [-0.15, -0.1) is 0 Å². The zero-order valence-electron chi connectivity index (χ0n) is 16.4. The van der Waals surface area contributed by atoms with Crippen molar-refractivity contribution >= 4 is 23.1 Å². The summed E-state index contributed by atoms with van der Waals surface area (Å²) in [6.07, 6.45) is 1.57. The topological polar surface area (TPSA) is 127 Å². The highest BCUT2D eigenvalue weighted by molar-refractivity contribution is 6.46. The third kappa shape index (κ3) is 3.68. The Kier molecular flexibility index (Phi) is 5.08. The molecule has 156 valence electrons. The summed E-state index contributed by atoms with van der Waals surface area (Å²) < 4.78 is 5.69. The van der Waals surface area contributed by atoms with Crippen molar-refractivity contribution in [3.8, 4) is 0 Å². The van der Waals surface area contributed by atoms with Gasteiger partial charge in [0.25, 0.3) is 17.4 Å². The molecule has 1 unspecified atom stereocenters. The van der Waals surface area contributed by atoms with E-state index in [1.54, 1.807) is 43.5 Å². The molecule has 0 saturated carbocycles. The highest BCUT2D eigenvalue weighted by Gasteiger charge is 2.47. The van der Waals surface area contributed by atoms with Crippen LogP contribution < -0.4 is 0 Å². The maximum atomic E-state index is 12.9. The molecule has 1 aliphatic rings. The Morgan fingerprint density at radius 1 is 1.19 bits per heavy atom. The smallest absolute Gasteiger partial charge is 0.296 e. The predicted molar refractivity (Wildman–Crippen MR) is 109 cm³/mol. The van der Waals surface area contributed by atoms with E-state index in [-0.39, 0.29) is 23.4 Å². The largest absolute Gasteiger partial charge is 0.507 e. The molecule has 0 radical (unpaired) electrons. The van der Waals surface area contributed by atoms with Gasteiger partial charge in [-0.05, 0) is 31.2 Å². The summed E-state index contributed by atoms with van der Waals surface area (Å²) in [6, 6.07) is 12.7. The van der Waals surface area contributed by atoms with E-state index in [1.807, 2.05) is 0 Å². The first-order valence-corrected chi connectivity index (χ1v) is 9.36. The van der Waals surface area contributed by atoms with Gasteiger partial charge >= 0.3 is 0 Å². The monoisotopic (exact) mass is 419 g/mol. The molecule has 9 heteroatoms. The van der Waals surface area contributed by atoms with Crippen molar-refractivity contribution in [2.24, 2.45) is 0 Å². The van der Waals surface area contributed by atoms with Crippen LogP contribution >= 0.6 is 0 Å². The molecule has 0 aliphatic carbocycles. The van der Waals surface area contributed by atoms with Crippen LogP contribution in [0, 0.1) is 17.0 Å². The summed E-state index contributed by atoms with van der Waals surface area (Å²) in [5.41, 5.74) is 0.152. The molecule has 1 amide bonds. The van der Waals surface area contributed by atoms with Crippen LogP contribution in [0.25, 0.3) is 5.76 Å². The average Bonchev–Trinajstić information content (AvgIpc) is 3.30. The number of non-ortho nitro benzene ring substituents is 1. The van der Waals surface area contributed by atoms with Crippen molar-refractivity contribution in [2.45, 2.75) is 19.5 Å². The number of hydrogen-bond acceptors (Lipinski definition) is 7. The quantitative estimate of drug-likeness (QED) is 0.220. The highest BCUT2D eigenvalue weighted by Crippen LogP contribution is 2.41. The Labute approximate surface area is 176 Å². The van der Waals surface area contributed by atoms with E-state index in [4.69, 9.17) is 4.42 Å². The number of hydrogen-bond donors (Lipinski definition) is 1. The first kappa shape index (κ1) is 20.0. The zero-order chi connectivity index (χ0) is 22.1. The number of rotatable bonds is 5. The normalized spacial score (nSPS) is 17.8. The average molecular weight is 419 g/mol. The summed E-state index contributed by atoms with van der Waals surface area (Å²) in [4.78, 5) is 41.8. The minimum Gasteiger partial charge on any atom is -0.507 e. The Bertz CT molecular complexity index is 1210. The molecule has 0 spiro atoms. The molecule has 4 rings (SSSR count). The molecule has 1 aliphatic heterocycles. The van der Waals surface area contributed by atoms with E-state index in [0.29, 0.717) is 17.2 Å². The summed E-state index contributed by atoms with van der Waals surface area (Å²) in [7, 11) is 0. The number of aryl methyl sites for hydroxylation is 1. The van der Waals surface area contributed by atoms with Gasteiger partial charge in [0.1, 0.15) is 23.3 Å². The molecular formula is C22H17N3O6. The first-order valence-electron chi connectivity index (χ1n) is 9.36. The molecule has 1 saturated heterocycles. The maximum Gasteiger partial charge on any atom is 0.296 e. The van der Waals surface area contributed by atoms with E-state index in [0.717, 1.165) is 6.07 Å². The number of ketones is 1. The number of furan rings is 1. The standard InChI is InChI=1S/C22H17N3O6/c1-13-8-9-17(31-13)19-18(20(26)14-5-4-7-16(11-14)25(29)30)21(27)22(28)24(19)12-15-6-2-3-10-23-15/h2-11,19,26H,12H2,1H3/b20-18-. The Morgan fingerprint density at radius 3 is 2.65 bits per heavy atom. The Hall–Kier alpha value is -4.27. The van der Waals surface area contributed by atoms with Gasteiger partial charge in [0.2, 0.25) is 0 Å². The fourth-order valence-electron chi connectivity index (χ4n) is 3.53. The number of carbonyl (C=O) groups is 2. The number of nitrogens with zero attached hydrogens (tertiary/aromatic N) is 3. The van der Waals surface area contributed by atoms with E-state index in [9.17, 15) is 24.8 Å². The second-order valence-electron chi connectivity index (χ2n) is 7.00. The van der Waals surface area contributed by atoms with Crippen LogP contribution in [0.3, 0.4) is 0 Å². The van der Waals surface area contributed by atoms with Crippen LogP contribution in [0.5, 0.6) is 0 Å². The predicted octanol–water partition coefficient (Wildman–Crippen LogP) is 3.51. The second-order valence-corrected chi connectivity index (χ2v) is 7.00. The molecule has 1 aromatic carbocycles. The number of carbonyl (C=O) groups excluding carboxylic acids is 2. The lowest BCUT2D eigenvalue weighted by Gasteiger charge is -2.23. The van der Waals surface area contributed by atoms with Crippen LogP contribution in [0.2, 0.25) is 0 Å². The third-order valence-electron chi connectivity index (χ3n) is 4.96. The molecule has 1 fully saturated rings. The Morgan fingerprint density at radius 2 is 2.00 bits per heavy atom. The van der Waals surface area contributed by atoms with E-state index in [2.05, 4.69) is 4.98 Å². The molecular weight excluding hydrogens is 402 g/mol. The number of Topliss-reactive ketones (excluding diaryl/α,β-unsaturated/α-hetero) is 1. The van der Waals surface area contributed by atoms with E-state index >= 15 is 0 Å². The number of aliphatic hydroxyl groups excluding tert-OH is 1. The minimum absolute atomic E-state index is 0.0154. The molecule has 3 aromatic rings. The summed E-state index contributed by atoms with van der Waals surface area (Å²) in [6.45, 7) is 1.73. The molecule has 1 atom stereocenters. The first-order chi connectivity index (χ1) is 14.9. The molecule has 3 heterocycles. The number of aliphatic hydroxyl groups is 1. The molecule has 31 heavy (non-hydrogen) atoms. The third-order valence-corrected chi connectivity index (χ3v) is 4.96. The van der Waals surface area contributed by atoms with Crippen LogP contribution in [-0.4, -0.2) is 31.6 Å². The SMILES string of the molecule is Cc1ccc(C2/C(=C(/O)c3cccc([N+](=O)[O-])c3)C(=O)C(=O)N2Cc2ccccn2)o1. The second kappa shape index (κ2) is 7.86. The van der Waals surface area contributed by atoms with E-state index in [1.165, 1.54) is 23.1 Å². The van der Waals surface area contributed by atoms with Gasteiger partial charge in [-0.1, -0.05) is 18.2 Å². The maximum absolute atomic E-state index is 12.9. The number of nitro groups is 1. The lowest BCUT2D eigenvalue weighted by molar-refractivity contribution is -0.384. The van der Waals surface area contributed by atoms with Gasteiger partial charge in [0.05, 0.1) is 22.7 Å². The van der Waals surface area contributed by atoms with Gasteiger partial charge in [0, 0.05) is 23.9 Å². The molecule has 0 bridgehead atoms. The fraction of sp³-hybridized carbons (Fsp3) is 0.136. The van der Waals surface area contributed by atoms with E-state index < -0.39 is 28.4 Å². The fourth-order valence-corrected chi connectivity index (χ4v) is 3.53. The number of amides is 1. The van der Waals surface area contributed by atoms with Crippen molar-refractivity contribution in [3.63, 3.8) is 0 Å². The van der Waals surface area contributed by atoms with Crippen LogP contribution in [-0.2, 0) is 16.1 Å². The molecule has 2 aromatic heterocycles. The van der Waals surface area contributed by atoms with Gasteiger partial charge in [-0.3, -0.25) is 24.7 Å². The van der Waals surface area contributed by atoms with Gasteiger partial charge < -0.3 is 14.4 Å². The van der Waals surface area contributed by atoms with Crippen molar-refractivity contribution in [1.29, 1.82) is 0 Å². The number of aromatic nitrogens is 1. The minimum atomic E-state index is -1.00. The summed E-state index contributed by atoms with van der Waals surface area (Å²) >= 11 is 0. The van der Waals surface area contributed by atoms with Crippen molar-refractivity contribution in [1.82, 2.24) is 9.88 Å². The molecule has 1 N–H and O–H groups in total. The Balaban J connectivity index is 1.86. The number of likely N-dealkylation sites (tertiary alicyclic amines) is 1. The lowest BCUT2D eigenvalue weighted by atomic mass is 9.99. The summed E-state index contributed by atoms with van der Waals surface area (Å²) in [5, 5.41) is 22.1.